The Bertz CT molecular complexity index is 606. The standard InChI is InChI=1S/C16H22N2O4/c1-10-6-7-11(8-12(10)14(20)18(4)5)17-13(19)9-16(2,3)15(21)22/h6-8H,9H2,1-5H3,(H,17,19)(H,21,22). The zero-order chi connectivity index (χ0) is 17.1. The van der Waals surface area contributed by atoms with Crippen molar-refractivity contribution < 1.29 is 19.5 Å². The maximum atomic E-state index is 12.1. The lowest BCUT2D eigenvalue weighted by Crippen LogP contribution is -2.29. The minimum atomic E-state index is -1.14. The van der Waals surface area contributed by atoms with Crippen LogP contribution in [0.15, 0.2) is 18.2 Å². The molecule has 1 rings (SSSR count). The number of nitrogens with one attached hydrogen (secondary N) is 1. The number of benzene rings is 1. The smallest absolute Gasteiger partial charge is 0.309 e. The Hall–Kier alpha value is -2.37. The molecule has 0 aliphatic carbocycles. The van der Waals surface area contributed by atoms with Crippen LogP contribution < -0.4 is 5.32 Å². The molecule has 1 aromatic carbocycles. The predicted molar refractivity (Wildman–Crippen MR) is 83.9 cm³/mol. The number of carbonyl (C=O) groups is 3. The zero-order valence-electron chi connectivity index (χ0n) is 13.6. The number of aryl methyl sites for hydroxylation is 1. The van der Waals surface area contributed by atoms with E-state index in [-0.39, 0.29) is 12.3 Å². The van der Waals surface area contributed by atoms with E-state index in [1.807, 2.05) is 6.92 Å². The van der Waals surface area contributed by atoms with Crippen molar-refractivity contribution in [3.05, 3.63) is 29.3 Å². The quantitative estimate of drug-likeness (QED) is 0.872. The van der Waals surface area contributed by atoms with Gasteiger partial charge in [0.15, 0.2) is 0 Å². The fourth-order valence-corrected chi connectivity index (χ4v) is 1.85. The van der Waals surface area contributed by atoms with Crippen LogP contribution in [-0.2, 0) is 9.59 Å². The molecule has 2 N–H and O–H groups in total. The van der Waals surface area contributed by atoms with Crippen LogP contribution in [-0.4, -0.2) is 41.9 Å². The van der Waals surface area contributed by atoms with E-state index >= 15 is 0 Å². The van der Waals surface area contributed by atoms with E-state index in [4.69, 9.17) is 5.11 Å². The average molecular weight is 306 g/mol. The first-order chi connectivity index (χ1) is 10.0. The molecule has 2 amide bonds. The second-order valence-electron chi connectivity index (χ2n) is 6.14. The van der Waals surface area contributed by atoms with Crippen LogP contribution in [0.1, 0.15) is 36.2 Å². The molecule has 0 aromatic heterocycles. The lowest BCUT2D eigenvalue weighted by Gasteiger charge is -2.19. The topological polar surface area (TPSA) is 86.7 Å². The lowest BCUT2D eigenvalue weighted by molar-refractivity contribution is -0.148. The molecule has 0 aliphatic rings. The number of carboxylic acids is 1. The normalized spacial score (nSPS) is 11.0. The van der Waals surface area contributed by atoms with E-state index < -0.39 is 17.3 Å². The van der Waals surface area contributed by atoms with Gasteiger partial charge < -0.3 is 15.3 Å². The third-order valence-electron chi connectivity index (χ3n) is 3.34. The van der Waals surface area contributed by atoms with Crippen LogP contribution in [0.4, 0.5) is 5.69 Å². The Morgan fingerprint density at radius 2 is 1.82 bits per heavy atom. The Balaban J connectivity index is 2.91. The summed E-state index contributed by atoms with van der Waals surface area (Å²) in [5.74, 6) is -1.59. The number of carbonyl (C=O) groups excluding carboxylic acids is 2. The number of amides is 2. The Labute approximate surface area is 130 Å². The molecule has 0 atom stereocenters. The molecule has 22 heavy (non-hydrogen) atoms. The van der Waals surface area contributed by atoms with Crippen LogP contribution >= 0.6 is 0 Å². The summed E-state index contributed by atoms with van der Waals surface area (Å²) < 4.78 is 0. The van der Waals surface area contributed by atoms with Crippen molar-refractivity contribution in [2.24, 2.45) is 5.41 Å². The molecule has 0 radical (unpaired) electrons. The van der Waals surface area contributed by atoms with Crippen LogP contribution in [0.25, 0.3) is 0 Å². The van der Waals surface area contributed by atoms with Crippen molar-refractivity contribution in [2.75, 3.05) is 19.4 Å². The van der Waals surface area contributed by atoms with Gasteiger partial charge in [0.2, 0.25) is 5.91 Å². The summed E-state index contributed by atoms with van der Waals surface area (Å²) in [5, 5.41) is 11.7. The van der Waals surface area contributed by atoms with E-state index in [0.29, 0.717) is 11.3 Å². The first kappa shape index (κ1) is 17.7. The SMILES string of the molecule is Cc1ccc(NC(=O)CC(C)(C)C(=O)O)cc1C(=O)N(C)C. The summed E-state index contributed by atoms with van der Waals surface area (Å²) in [6.45, 7) is 4.80. The molecule has 6 nitrogen and oxygen atoms in total. The van der Waals surface area contributed by atoms with Crippen LogP contribution in [0.3, 0.4) is 0 Å². The molecule has 0 bridgehead atoms. The van der Waals surface area contributed by atoms with E-state index in [9.17, 15) is 14.4 Å². The fraction of sp³-hybridized carbons (Fsp3) is 0.438. The maximum absolute atomic E-state index is 12.1. The number of anilines is 1. The second-order valence-corrected chi connectivity index (χ2v) is 6.14. The molecular formula is C16H22N2O4. The van der Waals surface area contributed by atoms with Gasteiger partial charge in [-0.2, -0.15) is 0 Å². The van der Waals surface area contributed by atoms with Gasteiger partial charge in [0.25, 0.3) is 5.91 Å². The molecule has 1 aromatic rings. The van der Waals surface area contributed by atoms with Gasteiger partial charge in [-0.25, -0.2) is 0 Å². The number of hydrogen-bond acceptors (Lipinski definition) is 3. The summed E-state index contributed by atoms with van der Waals surface area (Å²) in [6, 6.07) is 5.03. The van der Waals surface area contributed by atoms with Crippen molar-refractivity contribution in [3.8, 4) is 0 Å². The van der Waals surface area contributed by atoms with E-state index in [0.717, 1.165) is 5.56 Å². The first-order valence-electron chi connectivity index (χ1n) is 6.90. The van der Waals surface area contributed by atoms with E-state index in [2.05, 4.69) is 5.32 Å². The zero-order valence-corrected chi connectivity index (χ0v) is 13.6. The summed E-state index contributed by atoms with van der Waals surface area (Å²) in [4.78, 5) is 36.5. The van der Waals surface area contributed by atoms with Crippen LogP contribution in [0, 0.1) is 12.3 Å². The molecule has 0 spiro atoms. The van der Waals surface area contributed by atoms with Gasteiger partial charge in [-0.05, 0) is 38.5 Å². The average Bonchev–Trinajstić information content (AvgIpc) is 2.39. The number of hydrogen-bond donors (Lipinski definition) is 2. The van der Waals surface area contributed by atoms with Crippen LogP contribution in [0.5, 0.6) is 0 Å². The Morgan fingerprint density at radius 1 is 1.23 bits per heavy atom. The molecule has 0 saturated carbocycles. The van der Waals surface area contributed by atoms with Gasteiger partial charge in [0, 0.05) is 31.8 Å². The lowest BCUT2D eigenvalue weighted by atomic mass is 9.89. The second kappa shape index (κ2) is 6.60. The van der Waals surface area contributed by atoms with Crippen molar-refractivity contribution in [1.29, 1.82) is 0 Å². The highest BCUT2D eigenvalue weighted by atomic mass is 16.4. The molecular weight excluding hydrogens is 284 g/mol. The summed E-state index contributed by atoms with van der Waals surface area (Å²) in [5.41, 5.74) is 0.640. The molecule has 0 saturated heterocycles. The van der Waals surface area contributed by atoms with Gasteiger partial charge in [0.05, 0.1) is 5.41 Å². The van der Waals surface area contributed by atoms with Crippen molar-refractivity contribution in [1.82, 2.24) is 4.90 Å². The number of carboxylic acid groups (broad SMARTS) is 1. The fourth-order valence-electron chi connectivity index (χ4n) is 1.85. The summed E-state index contributed by atoms with van der Waals surface area (Å²) >= 11 is 0. The third kappa shape index (κ3) is 4.31. The van der Waals surface area contributed by atoms with Crippen molar-refractivity contribution >= 4 is 23.5 Å². The highest BCUT2D eigenvalue weighted by Gasteiger charge is 2.30. The minimum absolute atomic E-state index is 0.146. The number of aliphatic carboxylic acids is 1. The van der Waals surface area contributed by atoms with Crippen LogP contribution in [0.2, 0.25) is 0 Å². The van der Waals surface area contributed by atoms with Crippen molar-refractivity contribution in [3.63, 3.8) is 0 Å². The highest BCUT2D eigenvalue weighted by Crippen LogP contribution is 2.22. The molecule has 6 heteroatoms. The minimum Gasteiger partial charge on any atom is -0.481 e. The monoisotopic (exact) mass is 306 g/mol. The first-order valence-corrected chi connectivity index (χ1v) is 6.90. The van der Waals surface area contributed by atoms with E-state index in [1.54, 1.807) is 32.3 Å². The van der Waals surface area contributed by atoms with Gasteiger partial charge in [-0.1, -0.05) is 6.07 Å². The summed E-state index contributed by atoms with van der Waals surface area (Å²) in [7, 11) is 3.31. The van der Waals surface area contributed by atoms with Gasteiger partial charge in [-0.15, -0.1) is 0 Å². The van der Waals surface area contributed by atoms with Gasteiger partial charge >= 0.3 is 5.97 Å². The number of rotatable bonds is 5. The molecule has 0 fully saturated rings. The Kier molecular flexibility index (Phi) is 5.30. The van der Waals surface area contributed by atoms with E-state index in [1.165, 1.54) is 18.7 Å². The largest absolute Gasteiger partial charge is 0.481 e. The van der Waals surface area contributed by atoms with Crippen molar-refractivity contribution in [2.45, 2.75) is 27.2 Å². The highest BCUT2D eigenvalue weighted by molar-refractivity contribution is 5.98. The Morgan fingerprint density at radius 3 is 2.32 bits per heavy atom. The number of nitrogens with zero attached hydrogens (tertiary/aromatic N) is 1. The molecule has 0 heterocycles. The summed E-state index contributed by atoms with van der Waals surface area (Å²) in [6.07, 6.45) is -0.146. The molecule has 0 aliphatic heterocycles. The maximum Gasteiger partial charge on any atom is 0.309 e. The van der Waals surface area contributed by atoms with Gasteiger partial charge in [-0.3, -0.25) is 14.4 Å². The molecule has 0 unspecified atom stereocenters. The van der Waals surface area contributed by atoms with Gasteiger partial charge in [0.1, 0.15) is 0 Å². The third-order valence-corrected chi connectivity index (χ3v) is 3.34. The predicted octanol–water partition coefficient (Wildman–Crippen LogP) is 2.14. The molecule has 120 valence electrons.